The fourth-order valence-electron chi connectivity index (χ4n) is 3.24. The second-order valence-corrected chi connectivity index (χ2v) is 6.88. The van der Waals surface area contributed by atoms with Gasteiger partial charge in [-0.25, -0.2) is 4.99 Å². The molecule has 6 nitrogen and oxygen atoms in total. The number of ether oxygens (including phenoxy) is 3. The summed E-state index contributed by atoms with van der Waals surface area (Å²) in [6.07, 6.45) is 3.38. The monoisotopic (exact) mass is 505 g/mol. The van der Waals surface area contributed by atoms with Crippen LogP contribution in [0.25, 0.3) is 0 Å². The van der Waals surface area contributed by atoms with Crippen LogP contribution in [0.3, 0.4) is 0 Å². The van der Waals surface area contributed by atoms with Crippen LogP contribution in [0.15, 0.2) is 23.2 Å². The Balaban J connectivity index is 0.00000392. The molecule has 0 aromatic heterocycles. The molecule has 0 radical (unpaired) electrons. The van der Waals surface area contributed by atoms with Crippen molar-refractivity contribution in [2.24, 2.45) is 4.99 Å². The van der Waals surface area contributed by atoms with Crippen molar-refractivity contribution in [1.29, 1.82) is 0 Å². The molecule has 1 aliphatic rings. The van der Waals surface area contributed by atoms with E-state index in [1.54, 1.807) is 14.2 Å². The van der Waals surface area contributed by atoms with Gasteiger partial charge in [-0.05, 0) is 50.3 Å². The third kappa shape index (κ3) is 8.13. The van der Waals surface area contributed by atoms with Crippen LogP contribution >= 0.6 is 24.0 Å². The van der Waals surface area contributed by atoms with Gasteiger partial charge in [-0.2, -0.15) is 0 Å². The Hall–Kier alpha value is -1.06. The second kappa shape index (κ2) is 14.0. The number of aliphatic imine (C=N–C) groups is 1. The zero-order chi connectivity index (χ0) is 19.5. The van der Waals surface area contributed by atoms with E-state index in [2.05, 4.69) is 42.3 Å². The molecule has 1 aliphatic heterocycles. The molecule has 160 valence electrons. The minimum absolute atomic E-state index is 0. The number of benzene rings is 1. The number of hydrogen-bond acceptors (Lipinski definition) is 4. The highest BCUT2D eigenvalue weighted by molar-refractivity contribution is 14.0. The number of rotatable bonds is 9. The third-order valence-electron chi connectivity index (χ3n) is 4.81. The minimum atomic E-state index is 0. The van der Waals surface area contributed by atoms with Gasteiger partial charge in [-0.15, -0.1) is 24.0 Å². The lowest BCUT2D eigenvalue weighted by Crippen LogP contribution is -2.47. The van der Waals surface area contributed by atoms with Gasteiger partial charge in [-0.1, -0.05) is 12.1 Å². The van der Waals surface area contributed by atoms with Gasteiger partial charge in [0, 0.05) is 40.0 Å². The van der Waals surface area contributed by atoms with Crippen LogP contribution in [0.5, 0.6) is 5.75 Å². The molecule has 1 N–H and O–H groups in total. The molecule has 0 aliphatic carbocycles. The van der Waals surface area contributed by atoms with E-state index in [0.717, 1.165) is 74.9 Å². The van der Waals surface area contributed by atoms with Crippen LogP contribution in [0, 0.1) is 6.92 Å². The van der Waals surface area contributed by atoms with Gasteiger partial charge in [0.1, 0.15) is 5.75 Å². The van der Waals surface area contributed by atoms with Gasteiger partial charge in [0.2, 0.25) is 0 Å². The highest BCUT2D eigenvalue weighted by Crippen LogP contribution is 2.20. The zero-order valence-corrected chi connectivity index (χ0v) is 20.0. The average Bonchev–Trinajstić information content (AvgIpc) is 2.70. The molecule has 7 heteroatoms. The third-order valence-corrected chi connectivity index (χ3v) is 4.81. The van der Waals surface area contributed by atoms with Crippen LogP contribution in [0.4, 0.5) is 0 Å². The topological polar surface area (TPSA) is 55.3 Å². The summed E-state index contributed by atoms with van der Waals surface area (Å²) in [5.74, 6) is 1.90. The first-order valence-corrected chi connectivity index (χ1v) is 9.95. The molecule has 0 amide bonds. The van der Waals surface area contributed by atoms with E-state index < -0.39 is 0 Å². The van der Waals surface area contributed by atoms with E-state index in [1.165, 1.54) is 0 Å². The van der Waals surface area contributed by atoms with Crippen molar-refractivity contribution in [2.45, 2.75) is 45.8 Å². The van der Waals surface area contributed by atoms with Crippen LogP contribution in [-0.2, 0) is 16.0 Å². The number of nitrogens with zero attached hydrogens (tertiary/aromatic N) is 2. The molecular formula is C21H36IN3O3. The Bertz CT molecular complexity index is 590. The number of likely N-dealkylation sites (tertiary alicyclic amines) is 1. The second-order valence-electron chi connectivity index (χ2n) is 6.88. The summed E-state index contributed by atoms with van der Waals surface area (Å²) in [5, 5.41) is 3.42. The maximum absolute atomic E-state index is 5.96. The van der Waals surface area contributed by atoms with Crippen LogP contribution in [0.2, 0.25) is 0 Å². The lowest BCUT2D eigenvalue weighted by Gasteiger charge is -2.34. The molecule has 0 saturated carbocycles. The maximum Gasteiger partial charge on any atom is 0.194 e. The lowest BCUT2D eigenvalue weighted by atomic mass is 10.1. The van der Waals surface area contributed by atoms with Gasteiger partial charge >= 0.3 is 0 Å². The number of halogens is 1. The van der Waals surface area contributed by atoms with Crippen LogP contribution < -0.4 is 10.1 Å². The van der Waals surface area contributed by atoms with Crippen LogP contribution in [-0.4, -0.2) is 64.0 Å². The quantitative estimate of drug-likeness (QED) is 0.241. The maximum atomic E-state index is 5.96. The summed E-state index contributed by atoms with van der Waals surface area (Å²) in [6, 6.07) is 6.27. The Kier molecular flexibility index (Phi) is 12.5. The first-order valence-electron chi connectivity index (χ1n) is 9.95. The Morgan fingerprint density at radius 2 is 1.96 bits per heavy atom. The Labute approximate surface area is 187 Å². The minimum Gasteiger partial charge on any atom is -0.496 e. The number of nitrogens with one attached hydrogen (secondary N) is 1. The molecule has 0 bridgehead atoms. The molecule has 28 heavy (non-hydrogen) atoms. The molecule has 1 aromatic carbocycles. The first-order chi connectivity index (χ1) is 13.2. The summed E-state index contributed by atoms with van der Waals surface area (Å²) in [5.41, 5.74) is 2.30. The normalized spacial score (nSPS) is 15.3. The summed E-state index contributed by atoms with van der Waals surface area (Å²) >= 11 is 0. The van der Waals surface area contributed by atoms with E-state index in [0.29, 0.717) is 12.6 Å². The van der Waals surface area contributed by atoms with Crippen LogP contribution in [0.1, 0.15) is 37.3 Å². The summed E-state index contributed by atoms with van der Waals surface area (Å²) in [6.45, 7) is 9.15. The summed E-state index contributed by atoms with van der Waals surface area (Å²) in [7, 11) is 3.44. The average molecular weight is 505 g/mol. The van der Waals surface area contributed by atoms with Gasteiger partial charge in [0.25, 0.3) is 0 Å². The molecule has 1 saturated heterocycles. The van der Waals surface area contributed by atoms with Crippen molar-refractivity contribution in [3.63, 3.8) is 0 Å². The lowest BCUT2D eigenvalue weighted by molar-refractivity contribution is 0.00990. The Morgan fingerprint density at radius 1 is 1.21 bits per heavy atom. The first kappa shape index (κ1) is 25.0. The highest BCUT2D eigenvalue weighted by Gasteiger charge is 2.21. The number of guanidine groups is 1. The number of aryl methyl sites for hydroxylation is 1. The summed E-state index contributed by atoms with van der Waals surface area (Å²) < 4.78 is 16.4. The Morgan fingerprint density at radius 3 is 2.61 bits per heavy atom. The molecule has 0 unspecified atom stereocenters. The zero-order valence-electron chi connectivity index (χ0n) is 17.7. The smallest absolute Gasteiger partial charge is 0.194 e. The standard InChI is InChI=1S/C21H35N3O3.HI/c1-5-22-21(23-16-18-8-7-17(2)20(15-18)26-4)24-11-9-19(10-12-24)27-14-6-13-25-3;/h7-8,15,19H,5-6,9-14,16H2,1-4H3,(H,22,23);1H. The fraction of sp³-hybridized carbons (Fsp3) is 0.667. The van der Waals surface area contributed by atoms with Crippen molar-refractivity contribution in [3.8, 4) is 5.75 Å². The number of hydrogen-bond donors (Lipinski definition) is 1. The van der Waals surface area contributed by atoms with Crippen molar-refractivity contribution >= 4 is 29.9 Å². The molecular weight excluding hydrogens is 469 g/mol. The SMILES string of the molecule is CCNC(=NCc1ccc(C)c(OC)c1)N1CCC(OCCCOC)CC1.I. The molecule has 0 atom stereocenters. The van der Waals surface area contributed by atoms with Gasteiger partial charge in [0.15, 0.2) is 5.96 Å². The largest absolute Gasteiger partial charge is 0.496 e. The van der Waals surface area contributed by atoms with E-state index in [9.17, 15) is 0 Å². The molecule has 2 rings (SSSR count). The van der Waals surface area contributed by atoms with Crippen molar-refractivity contribution in [1.82, 2.24) is 10.2 Å². The molecule has 1 heterocycles. The van der Waals surface area contributed by atoms with E-state index in [1.807, 2.05) is 0 Å². The van der Waals surface area contributed by atoms with E-state index >= 15 is 0 Å². The molecule has 1 fully saturated rings. The molecule has 1 aromatic rings. The van der Waals surface area contributed by atoms with E-state index in [4.69, 9.17) is 19.2 Å². The number of methoxy groups -OCH3 is 2. The van der Waals surface area contributed by atoms with Gasteiger partial charge in [0.05, 0.1) is 19.8 Å². The van der Waals surface area contributed by atoms with Gasteiger partial charge in [-0.3, -0.25) is 0 Å². The number of piperidine rings is 1. The van der Waals surface area contributed by atoms with E-state index in [-0.39, 0.29) is 24.0 Å². The van der Waals surface area contributed by atoms with Gasteiger partial charge < -0.3 is 24.4 Å². The fourth-order valence-corrected chi connectivity index (χ4v) is 3.24. The van der Waals surface area contributed by atoms with Crippen molar-refractivity contribution < 1.29 is 14.2 Å². The predicted molar refractivity (Wildman–Crippen MR) is 125 cm³/mol. The predicted octanol–water partition coefficient (Wildman–Crippen LogP) is 3.60. The summed E-state index contributed by atoms with van der Waals surface area (Å²) in [4.78, 5) is 7.18. The highest BCUT2D eigenvalue weighted by atomic mass is 127. The molecule has 0 spiro atoms. The van der Waals surface area contributed by atoms with Crippen molar-refractivity contribution in [2.75, 3.05) is 47.1 Å². The van der Waals surface area contributed by atoms with Crippen molar-refractivity contribution in [3.05, 3.63) is 29.3 Å².